The molecule has 0 atom stereocenters. The zero-order valence-electron chi connectivity index (χ0n) is 13.1. The number of hydrogen-bond acceptors (Lipinski definition) is 0. The van der Waals surface area contributed by atoms with Crippen molar-refractivity contribution in [3.63, 3.8) is 0 Å². The fraction of sp³-hybridized carbons (Fsp3) is 0.474. The molecule has 0 saturated heterocycles. The molecule has 0 aliphatic rings. The summed E-state index contributed by atoms with van der Waals surface area (Å²) in [6.07, 6.45) is 0. The van der Waals surface area contributed by atoms with Crippen molar-refractivity contribution in [2.45, 2.75) is 59.3 Å². The molecule has 2 aromatic rings. The molecule has 2 rings (SSSR count). The van der Waals surface area contributed by atoms with Crippen LogP contribution in [-0.4, -0.2) is 0 Å². The van der Waals surface area contributed by atoms with E-state index < -0.39 is 0 Å². The maximum Gasteiger partial charge on any atom is -0.0144 e. The normalized spacial score (nSPS) is 12.1. The molecule has 0 spiro atoms. The second-order valence-electron chi connectivity index (χ2n) is 6.52. The smallest absolute Gasteiger partial charge is 0.0144 e. The van der Waals surface area contributed by atoms with Crippen molar-refractivity contribution in [3.05, 3.63) is 47.0 Å². The lowest BCUT2D eigenvalue weighted by molar-refractivity contribution is 0.838. The highest BCUT2D eigenvalue weighted by Gasteiger charge is 2.13. The van der Waals surface area contributed by atoms with Crippen LogP contribution < -0.4 is 0 Å². The van der Waals surface area contributed by atoms with E-state index in [1.54, 1.807) is 0 Å². The van der Waals surface area contributed by atoms with Gasteiger partial charge in [-0.1, -0.05) is 71.9 Å². The number of benzene rings is 2. The van der Waals surface area contributed by atoms with Crippen molar-refractivity contribution in [2.75, 3.05) is 0 Å². The van der Waals surface area contributed by atoms with Gasteiger partial charge >= 0.3 is 0 Å². The maximum absolute atomic E-state index is 2.40. The first-order valence-electron chi connectivity index (χ1n) is 7.48. The predicted octanol–water partition coefficient (Wildman–Crippen LogP) is 6.21. The fourth-order valence-electron chi connectivity index (χ4n) is 2.78. The number of rotatable bonds is 3. The molecule has 0 aliphatic carbocycles. The Labute approximate surface area is 117 Å². The molecule has 0 unspecified atom stereocenters. The van der Waals surface area contributed by atoms with Crippen molar-refractivity contribution >= 4 is 10.8 Å². The SMILES string of the molecule is CC(C)c1cc(C(C)C)c2cccc(C(C)C)c2c1. The molecule has 19 heavy (non-hydrogen) atoms. The summed E-state index contributed by atoms with van der Waals surface area (Å²) in [5, 5.41) is 2.89. The Morgan fingerprint density at radius 2 is 1.26 bits per heavy atom. The van der Waals surface area contributed by atoms with Crippen LogP contribution >= 0.6 is 0 Å². The van der Waals surface area contributed by atoms with E-state index in [0.29, 0.717) is 17.8 Å². The molecule has 0 nitrogen and oxygen atoms in total. The van der Waals surface area contributed by atoms with Crippen LogP contribution in [-0.2, 0) is 0 Å². The van der Waals surface area contributed by atoms with Gasteiger partial charge in [0.05, 0.1) is 0 Å². The van der Waals surface area contributed by atoms with Crippen LogP contribution in [0.25, 0.3) is 10.8 Å². The van der Waals surface area contributed by atoms with E-state index in [0.717, 1.165) is 0 Å². The average Bonchev–Trinajstić information content (AvgIpc) is 2.36. The first-order valence-corrected chi connectivity index (χ1v) is 7.48. The van der Waals surface area contributed by atoms with Gasteiger partial charge in [0.25, 0.3) is 0 Å². The van der Waals surface area contributed by atoms with Gasteiger partial charge in [-0.2, -0.15) is 0 Å². The van der Waals surface area contributed by atoms with Gasteiger partial charge in [-0.05, 0) is 45.2 Å². The molecular weight excluding hydrogens is 228 g/mol. The van der Waals surface area contributed by atoms with Gasteiger partial charge in [0, 0.05) is 0 Å². The summed E-state index contributed by atoms with van der Waals surface area (Å²) >= 11 is 0. The van der Waals surface area contributed by atoms with E-state index in [1.165, 1.54) is 27.5 Å². The van der Waals surface area contributed by atoms with Gasteiger partial charge < -0.3 is 0 Å². The molecular formula is C19H26. The molecule has 2 aromatic carbocycles. The van der Waals surface area contributed by atoms with E-state index >= 15 is 0 Å². The van der Waals surface area contributed by atoms with Gasteiger partial charge in [-0.3, -0.25) is 0 Å². The van der Waals surface area contributed by atoms with Crippen molar-refractivity contribution in [3.8, 4) is 0 Å². The lowest BCUT2D eigenvalue weighted by atomic mass is 9.86. The standard InChI is InChI=1S/C19H26/c1-12(2)15-10-18(14(5)6)17-9-7-8-16(13(3)4)19(17)11-15/h7-14H,1-6H3. The average molecular weight is 254 g/mol. The lowest BCUT2D eigenvalue weighted by Crippen LogP contribution is -1.98. The third kappa shape index (κ3) is 2.68. The van der Waals surface area contributed by atoms with E-state index in [2.05, 4.69) is 71.9 Å². The Kier molecular flexibility index (Phi) is 3.99. The van der Waals surface area contributed by atoms with Gasteiger partial charge in [0.2, 0.25) is 0 Å². The van der Waals surface area contributed by atoms with Crippen molar-refractivity contribution < 1.29 is 0 Å². The fourth-order valence-corrected chi connectivity index (χ4v) is 2.78. The molecule has 0 radical (unpaired) electrons. The summed E-state index contributed by atoms with van der Waals surface area (Å²) in [6, 6.07) is 11.6. The van der Waals surface area contributed by atoms with Gasteiger partial charge in [-0.25, -0.2) is 0 Å². The Hall–Kier alpha value is -1.30. The number of fused-ring (bicyclic) bond motifs is 1. The topological polar surface area (TPSA) is 0 Å². The summed E-state index contributed by atoms with van der Waals surface area (Å²) in [5.74, 6) is 1.73. The van der Waals surface area contributed by atoms with Crippen LogP contribution in [0.3, 0.4) is 0 Å². The Bertz CT molecular complexity index is 574. The highest BCUT2D eigenvalue weighted by atomic mass is 14.2. The minimum Gasteiger partial charge on any atom is -0.0613 e. The monoisotopic (exact) mass is 254 g/mol. The van der Waals surface area contributed by atoms with Crippen molar-refractivity contribution in [1.29, 1.82) is 0 Å². The summed E-state index contributed by atoms with van der Waals surface area (Å²) in [7, 11) is 0. The second-order valence-corrected chi connectivity index (χ2v) is 6.52. The highest BCUT2D eigenvalue weighted by molar-refractivity contribution is 5.90. The van der Waals surface area contributed by atoms with E-state index in [1.807, 2.05) is 0 Å². The summed E-state index contributed by atoms with van der Waals surface area (Å²) in [5.41, 5.74) is 4.43. The Balaban J connectivity index is 2.83. The molecule has 0 amide bonds. The lowest BCUT2D eigenvalue weighted by Gasteiger charge is -2.18. The first kappa shape index (κ1) is 14.1. The van der Waals surface area contributed by atoms with Gasteiger partial charge in [0.15, 0.2) is 0 Å². The molecule has 0 aliphatic heterocycles. The Morgan fingerprint density at radius 3 is 1.79 bits per heavy atom. The van der Waals surface area contributed by atoms with Gasteiger partial charge in [0.1, 0.15) is 0 Å². The molecule has 0 aromatic heterocycles. The van der Waals surface area contributed by atoms with Crippen LogP contribution in [0.15, 0.2) is 30.3 Å². The summed E-state index contributed by atoms with van der Waals surface area (Å²) in [6.45, 7) is 13.7. The van der Waals surface area contributed by atoms with Crippen LogP contribution in [0.4, 0.5) is 0 Å². The predicted molar refractivity (Wildman–Crippen MR) is 86.2 cm³/mol. The van der Waals surface area contributed by atoms with E-state index in [4.69, 9.17) is 0 Å². The zero-order chi connectivity index (χ0) is 14.2. The molecule has 0 saturated carbocycles. The van der Waals surface area contributed by atoms with Crippen LogP contribution in [0.1, 0.15) is 76.0 Å². The first-order chi connectivity index (χ1) is 8.91. The summed E-state index contributed by atoms with van der Waals surface area (Å²) in [4.78, 5) is 0. The highest BCUT2D eigenvalue weighted by Crippen LogP contribution is 2.34. The van der Waals surface area contributed by atoms with Crippen molar-refractivity contribution in [1.82, 2.24) is 0 Å². The Morgan fingerprint density at radius 1 is 0.632 bits per heavy atom. The molecule has 0 bridgehead atoms. The van der Waals surface area contributed by atoms with Crippen LogP contribution in [0.2, 0.25) is 0 Å². The molecule has 0 heteroatoms. The molecule has 0 N–H and O–H groups in total. The largest absolute Gasteiger partial charge is 0.0613 e. The summed E-state index contributed by atoms with van der Waals surface area (Å²) < 4.78 is 0. The third-order valence-electron chi connectivity index (χ3n) is 3.99. The van der Waals surface area contributed by atoms with Crippen LogP contribution in [0, 0.1) is 0 Å². The molecule has 0 heterocycles. The van der Waals surface area contributed by atoms with E-state index in [9.17, 15) is 0 Å². The maximum atomic E-state index is 2.40. The number of hydrogen-bond donors (Lipinski definition) is 0. The third-order valence-corrected chi connectivity index (χ3v) is 3.99. The van der Waals surface area contributed by atoms with Gasteiger partial charge in [-0.15, -0.1) is 0 Å². The second kappa shape index (κ2) is 5.36. The molecule has 102 valence electrons. The minimum absolute atomic E-state index is 0.573. The quantitative estimate of drug-likeness (QED) is 0.611. The van der Waals surface area contributed by atoms with Crippen LogP contribution in [0.5, 0.6) is 0 Å². The van der Waals surface area contributed by atoms with E-state index in [-0.39, 0.29) is 0 Å². The zero-order valence-corrected chi connectivity index (χ0v) is 13.1. The molecule has 0 fully saturated rings. The minimum atomic E-state index is 0.573. The van der Waals surface area contributed by atoms with Crippen molar-refractivity contribution in [2.24, 2.45) is 0 Å².